The minimum absolute atomic E-state index is 0.0485. The zero-order chi connectivity index (χ0) is 22.0. The van der Waals surface area contributed by atoms with Crippen molar-refractivity contribution < 1.29 is 24.4 Å². The molecule has 0 fully saturated rings. The lowest BCUT2D eigenvalue weighted by Crippen LogP contribution is -2.19. The fourth-order valence-electron chi connectivity index (χ4n) is 2.69. The number of halogens is 1. The highest BCUT2D eigenvalue weighted by atomic mass is 35.5. The third-order valence-corrected chi connectivity index (χ3v) is 4.53. The molecule has 0 saturated heterocycles. The lowest BCUT2D eigenvalue weighted by atomic mass is 10.2. The van der Waals surface area contributed by atoms with E-state index in [1.165, 1.54) is 19.2 Å². The van der Waals surface area contributed by atoms with Gasteiger partial charge in [0.2, 0.25) is 0 Å². The van der Waals surface area contributed by atoms with Crippen molar-refractivity contribution in [3.8, 4) is 11.5 Å². The molecule has 1 heterocycles. The Morgan fingerprint density at radius 3 is 2.60 bits per heavy atom. The molecule has 10 nitrogen and oxygen atoms in total. The van der Waals surface area contributed by atoms with E-state index < -0.39 is 16.8 Å². The number of carbonyl (C=O) groups excluding carboxylic acids is 1. The van der Waals surface area contributed by atoms with Crippen molar-refractivity contribution in [1.29, 1.82) is 0 Å². The molecule has 0 radical (unpaired) electrons. The summed E-state index contributed by atoms with van der Waals surface area (Å²) in [7, 11) is 1.41. The summed E-state index contributed by atoms with van der Waals surface area (Å²) in [5.74, 6) is -1.62. The molecule has 1 aromatic heterocycles. The summed E-state index contributed by atoms with van der Waals surface area (Å²) in [6, 6.07) is 8.60. The number of rotatable bonds is 6. The maximum Gasteiger partial charge on any atom is 0.339 e. The van der Waals surface area contributed by atoms with E-state index in [9.17, 15) is 24.8 Å². The molecular weight excluding hydrogens is 416 g/mol. The number of aromatic nitrogens is 2. The van der Waals surface area contributed by atoms with Crippen molar-refractivity contribution in [2.24, 2.45) is 7.05 Å². The van der Waals surface area contributed by atoms with Gasteiger partial charge in [-0.05, 0) is 30.7 Å². The fraction of sp³-hybridized carbons (Fsp3) is 0.105. The number of ether oxygens (including phenoxy) is 1. The first kappa shape index (κ1) is 20.8. The lowest BCUT2D eigenvalue weighted by Gasteiger charge is -2.11. The van der Waals surface area contributed by atoms with Crippen LogP contribution in [0.15, 0.2) is 42.6 Å². The summed E-state index contributed by atoms with van der Waals surface area (Å²) < 4.78 is 6.78. The summed E-state index contributed by atoms with van der Waals surface area (Å²) in [5.41, 5.74) is -0.0201. The molecule has 0 bridgehead atoms. The standard InChI is InChI=1S/C19H15ClN4O6/c1-10-5-13(3-4-16(10)20)30-14-7-11(6-12(8-14)24(28)29)22-18(25)17-15(19(26)27)9-21-23(17)2/h3-9H,1-2H3,(H,22,25)(H,26,27). The van der Waals surface area contributed by atoms with Crippen molar-refractivity contribution >= 4 is 34.9 Å². The number of aromatic carboxylic acids is 1. The summed E-state index contributed by atoms with van der Waals surface area (Å²) in [5, 5.41) is 27.3. The van der Waals surface area contributed by atoms with Gasteiger partial charge in [-0.2, -0.15) is 5.10 Å². The number of carboxylic acid groups (broad SMARTS) is 1. The average Bonchev–Trinajstić information content (AvgIpc) is 3.06. The van der Waals surface area contributed by atoms with Crippen LogP contribution < -0.4 is 10.1 Å². The van der Waals surface area contributed by atoms with E-state index in [1.807, 2.05) is 0 Å². The molecule has 30 heavy (non-hydrogen) atoms. The summed E-state index contributed by atoms with van der Waals surface area (Å²) in [6.07, 6.45) is 1.04. The number of nitro benzene ring substituents is 1. The number of anilines is 1. The normalized spacial score (nSPS) is 10.5. The van der Waals surface area contributed by atoms with Gasteiger partial charge in [-0.15, -0.1) is 0 Å². The van der Waals surface area contributed by atoms with E-state index in [2.05, 4.69) is 10.4 Å². The average molecular weight is 431 g/mol. The number of nitrogens with zero attached hydrogens (tertiary/aromatic N) is 3. The number of nitrogens with one attached hydrogen (secondary N) is 1. The van der Waals surface area contributed by atoms with Crippen molar-refractivity contribution in [2.45, 2.75) is 6.92 Å². The van der Waals surface area contributed by atoms with E-state index in [4.69, 9.17) is 16.3 Å². The monoisotopic (exact) mass is 430 g/mol. The van der Waals surface area contributed by atoms with Crippen molar-refractivity contribution in [3.63, 3.8) is 0 Å². The predicted octanol–water partition coefficient (Wildman–Crippen LogP) is 4.03. The van der Waals surface area contributed by atoms with Crippen LogP contribution in [0.25, 0.3) is 0 Å². The number of hydrogen-bond acceptors (Lipinski definition) is 6. The smallest absolute Gasteiger partial charge is 0.339 e. The highest BCUT2D eigenvalue weighted by molar-refractivity contribution is 6.31. The Balaban J connectivity index is 1.94. The maximum absolute atomic E-state index is 12.6. The van der Waals surface area contributed by atoms with Crippen LogP contribution >= 0.6 is 11.6 Å². The quantitative estimate of drug-likeness (QED) is 0.444. The molecule has 11 heteroatoms. The molecule has 2 aromatic carbocycles. The molecule has 1 amide bonds. The number of aryl methyl sites for hydroxylation is 2. The van der Waals surface area contributed by atoms with E-state index in [0.717, 1.165) is 22.5 Å². The topological polar surface area (TPSA) is 137 Å². The van der Waals surface area contributed by atoms with Gasteiger partial charge in [-0.3, -0.25) is 19.6 Å². The second kappa shape index (κ2) is 8.21. The van der Waals surface area contributed by atoms with Gasteiger partial charge in [0.15, 0.2) is 0 Å². The Labute approximate surface area is 174 Å². The Morgan fingerprint density at radius 1 is 1.23 bits per heavy atom. The number of hydrogen-bond donors (Lipinski definition) is 2. The van der Waals surface area contributed by atoms with Gasteiger partial charge < -0.3 is 15.2 Å². The third-order valence-electron chi connectivity index (χ3n) is 4.11. The Kier molecular flexibility index (Phi) is 5.70. The number of nitro groups is 1. The van der Waals surface area contributed by atoms with Crippen LogP contribution in [0, 0.1) is 17.0 Å². The number of carboxylic acids is 1. The largest absolute Gasteiger partial charge is 0.478 e. The van der Waals surface area contributed by atoms with Gasteiger partial charge in [0, 0.05) is 24.2 Å². The van der Waals surface area contributed by atoms with E-state index in [0.29, 0.717) is 10.8 Å². The lowest BCUT2D eigenvalue weighted by molar-refractivity contribution is -0.384. The molecule has 0 saturated carbocycles. The molecule has 0 spiro atoms. The number of non-ortho nitro benzene ring substituents is 1. The van der Waals surface area contributed by atoms with Crippen LogP contribution in [0.3, 0.4) is 0 Å². The molecular formula is C19H15ClN4O6. The van der Waals surface area contributed by atoms with Crippen LogP contribution in [0.1, 0.15) is 26.4 Å². The minimum atomic E-state index is -1.32. The van der Waals surface area contributed by atoms with Crippen molar-refractivity contribution in [2.75, 3.05) is 5.32 Å². The van der Waals surface area contributed by atoms with Gasteiger partial charge >= 0.3 is 5.97 Å². The number of carbonyl (C=O) groups is 2. The zero-order valence-electron chi connectivity index (χ0n) is 15.7. The first-order valence-corrected chi connectivity index (χ1v) is 8.83. The van der Waals surface area contributed by atoms with Gasteiger partial charge in [0.1, 0.15) is 22.8 Å². The van der Waals surface area contributed by atoms with Crippen LogP contribution in [0.5, 0.6) is 11.5 Å². The Bertz CT molecular complexity index is 1170. The van der Waals surface area contributed by atoms with E-state index in [-0.39, 0.29) is 28.4 Å². The van der Waals surface area contributed by atoms with Crippen LogP contribution in [-0.2, 0) is 7.05 Å². The summed E-state index contributed by atoms with van der Waals surface area (Å²) in [6.45, 7) is 1.78. The van der Waals surface area contributed by atoms with Gasteiger partial charge in [0.05, 0.1) is 22.9 Å². The second-order valence-corrected chi connectivity index (χ2v) is 6.68. The number of benzene rings is 2. The zero-order valence-corrected chi connectivity index (χ0v) is 16.5. The molecule has 0 aliphatic rings. The highest BCUT2D eigenvalue weighted by Gasteiger charge is 2.22. The highest BCUT2D eigenvalue weighted by Crippen LogP contribution is 2.31. The van der Waals surface area contributed by atoms with Crippen molar-refractivity contribution in [3.05, 3.63) is 74.6 Å². The van der Waals surface area contributed by atoms with Crippen molar-refractivity contribution in [1.82, 2.24) is 9.78 Å². The fourth-order valence-corrected chi connectivity index (χ4v) is 2.81. The van der Waals surface area contributed by atoms with Crippen LogP contribution in [0.4, 0.5) is 11.4 Å². The van der Waals surface area contributed by atoms with E-state index in [1.54, 1.807) is 25.1 Å². The molecule has 154 valence electrons. The van der Waals surface area contributed by atoms with Crippen LogP contribution in [-0.4, -0.2) is 31.7 Å². The minimum Gasteiger partial charge on any atom is -0.478 e. The number of amides is 1. The molecule has 3 aromatic rings. The third kappa shape index (κ3) is 4.39. The molecule has 0 unspecified atom stereocenters. The molecule has 0 aliphatic heterocycles. The molecule has 0 atom stereocenters. The summed E-state index contributed by atoms with van der Waals surface area (Å²) in [4.78, 5) is 34.5. The van der Waals surface area contributed by atoms with Crippen LogP contribution in [0.2, 0.25) is 5.02 Å². The summed E-state index contributed by atoms with van der Waals surface area (Å²) >= 11 is 5.99. The first-order valence-electron chi connectivity index (χ1n) is 8.46. The van der Waals surface area contributed by atoms with Gasteiger partial charge in [-0.25, -0.2) is 4.79 Å². The maximum atomic E-state index is 12.6. The first-order chi connectivity index (χ1) is 14.2. The molecule has 3 rings (SSSR count). The Morgan fingerprint density at radius 2 is 1.97 bits per heavy atom. The second-order valence-electron chi connectivity index (χ2n) is 6.28. The molecule has 0 aliphatic carbocycles. The van der Waals surface area contributed by atoms with E-state index >= 15 is 0 Å². The Hall–Kier alpha value is -3.92. The SMILES string of the molecule is Cc1cc(Oc2cc(NC(=O)c3c(C(=O)O)cnn3C)cc([N+](=O)[O-])c2)ccc1Cl. The van der Waals surface area contributed by atoms with Gasteiger partial charge in [0.25, 0.3) is 11.6 Å². The predicted molar refractivity (Wildman–Crippen MR) is 107 cm³/mol. The molecule has 2 N–H and O–H groups in total. The van der Waals surface area contributed by atoms with Gasteiger partial charge in [-0.1, -0.05) is 11.6 Å².